The van der Waals surface area contributed by atoms with Gasteiger partial charge in [-0.15, -0.1) is 0 Å². The lowest BCUT2D eigenvalue weighted by Gasteiger charge is -2.45. The zero-order chi connectivity index (χ0) is 18.5. The van der Waals surface area contributed by atoms with E-state index in [1.165, 1.54) is 4.90 Å². The van der Waals surface area contributed by atoms with Crippen molar-refractivity contribution in [3.63, 3.8) is 0 Å². The maximum absolute atomic E-state index is 10.1. The van der Waals surface area contributed by atoms with Gasteiger partial charge in [0.1, 0.15) is 42.7 Å². The highest BCUT2D eigenvalue weighted by Crippen LogP contribution is 2.32. The molecule has 0 amide bonds. The quantitative estimate of drug-likeness (QED) is 0.213. The molecule has 3 saturated heterocycles. The monoisotopic (exact) mass is 382 g/mol. The molecule has 0 spiro atoms. The van der Waals surface area contributed by atoms with Crippen LogP contribution in [0, 0.1) is 0 Å². The zero-order valence-corrected chi connectivity index (χ0v) is 13.8. The lowest BCUT2D eigenvalue weighted by molar-refractivity contribution is -0.233. The predicted octanol–water partition coefficient (Wildman–Crippen LogP) is -5.22. The number of nitrogens with zero attached hydrogens (tertiary/aromatic N) is 1. The van der Waals surface area contributed by atoms with E-state index in [9.17, 15) is 35.7 Å². The molecule has 10 atom stereocenters. The van der Waals surface area contributed by atoms with E-state index in [0.717, 1.165) is 0 Å². The molecule has 144 valence electrons. The summed E-state index contributed by atoms with van der Waals surface area (Å²) in [6.45, 7) is -0.561. The molecule has 11 nitrogen and oxygen atoms in total. The van der Waals surface area contributed by atoms with Gasteiger partial charge in [-0.1, -0.05) is 0 Å². The SMILES string of the molecule is OC[C@H]1O[C@@H](NC(=S)N2[C@@H]3OC[C@H]2[C@@H](O)[C@H](O)[C@@H]3O)[C@H](O)[C@@H](O)[C@@H]1O. The number of fused-ring (bicyclic) bond motifs is 2. The maximum Gasteiger partial charge on any atom is 0.173 e. The van der Waals surface area contributed by atoms with Gasteiger partial charge < -0.3 is 55.4 Å². The van der Waals surface area contributed by atoms with E-state index in [1.54, 1.807) is 0 Å². The Balaban J connectivity index is 1.72. The molecule has 0 aromatic carbocycles. The van der Waals surface area contributed by atoms with E-state index in [4.69, 9.17) is 21.7 Å². The van der Waals surface area contributed by atoms with Gasteiger partial charge in [0.05, 0.1) is 19.3 Å². The first-order valence-electron chi connectivity index (χ1n) is 7.83. The summed E-state index contributed by atoms with van der Waals surface area (Å²) in [7, 11) is 0. The Labute approximate surface area is 148 Å². The second-order valence-electron chi connectivity index (χ2n) is 6.37. The largest absolute Gasteiger partial charge is 0.394 e. The highest BCUT2D eigenvalue weighted by molar-refractivity contribution is 7.80. The van der Waals surface area contributed by atoms with Crippen LogP contribution in [0.1, 0.15) is 0 Å². The van der Waals surface area contributed by atoms with Crippen molar-refractivity contribution in [3.05, 3.63) is 0 Å². The van der Waals surface area contributed by atoms with Gasteiger partial charge >= 0.3 is 0 Å². The van der Waals surface area contributed by atoms with Crippen molar-refractivity contribution in [2.75, 3.05) is 13.2 Å². The summed E-state index contributed by atoms with van der Waals surface area (Å²) in [5.74, 6) is 0. The fourth-order valence-corrected chi connectivity index (χ4v) is 3.71. The second-order valence-corrected chi connectivity index (χ2v) is 6.76. The second kappa shape index (κ2) is 7.15. The smallest absolute Gasteiger partial charge is 0.173 e. The Bertz CT molecular complexity index is 494. The molecule has 3 aliphatic rings. The van der Waals surface area contributed by atoms with Crippen LogP contribution < -0.4 is 5.32 Å². The third-order valence-electron chi connectivity index (χ3n) is 4.85. The molecule has 0 unspecified atom stereocenters. The summed E-state index contributed by atoms with van der Waals surface area (Å²) in [5, 5.41) is 71.3. The fourth-order valence-electron chi connectivity index (χ4n) is 3.35. The third-order valence-corrected chi connectivity index (χ3v) is 5.18. The molecule has 2 bridgehead atoms. The van der Waals surface area contributed by atoms with E-state index in [2.05, 4.69) is 5.32 Å². The summed E-state index contributed by atoms with van der Waals surface area (Å²) in [6, 6.07) is -0.715. The average molecular weight is 382 g/mol. The summed E-state index contributed by atoms with van der Waals surface area (Å²) in [5.41, 5.74) is 0. The number of ether oxygens (including phenoxy) is 2. The Morgan fingerprint density at radius 3 is 2.24 bits per heavy atom. The van der Waals surface area contributed by atoms with Gasteiger partial charge in [0.2, 0.25) is 0 Å². The van der Waals surface area contributed by atoms with Crippen molar-refractivity contribution < 1.29 is 45.2 Å². The van der Waals surface area contributed by atoms with Crippen LogP contribution in [-0.4, -0.2) is 120 Å². The van der Waals surface area contributed by atoms with Gasteiger partial charge in [0.15, 0.2) is 17.6 Å². The molecule has 0 aliphatic carbocycles. The summed E-state index contributed by atoms with van der Waals surface area (Å²) >= 11 is 5.22. The van der Waals surface area contributed by atoms with Crippen LogP contribution in [0.15, 0.2) is 0 Å². The number of thiocarbonyl (C=S) groups is 1. The van der Waals surface area contributed by atoms with Crippen LogP contribution in [0.4, 0.5) is 0 Å². The minimum absolute atomic E-state index is 0.0243. The molecule has 3 heterocycles. The van der Waals surface area contributed by atoms with Crippen LogP contribution in [0.25, 0.3) is 0 Å². The Morgan fingerprint density at radius 1 is 0.960 bits per heavy atom. The number of piperidine rings is 1. The number of rotatable bonds is 2. The van der Waals surface area contributed by atoms with Gasteiger partial charge in [-0.25, -0.2) is 0 Å². The van der Waals surface area contributed by atoms with Crippen LogP contribution in [0.3, 0.4) is 0 Å². The van der Waals surface area contributed by atoms with Gasteiger partial charge in [-0.2, -0.15) is 0 Å². The van der Waals surface area contributed by atoms with Crippen molar-refractivity contribution in [3.8, 4) is 0 Å². The minimum atomic E-state index is -1.57. The van der Waals surface area contributed by atoms with Gasteiger partial charge in [0.25, 0.3) is 0 Å². The maximum atomic E-state index is 10.1. The van der Waals surface area contributed by atoms with E-state index in [-0.39, 0.29) is 11.7 Å². The van der Waals surface area contributed by atoms with Gasteiger partial charge in [-0.3, -0.25) is 0 Å². The normalized spacial score (nSPS) is 50.0. The summed E-state index contributed by atoms with van der Waals surface area (Å²) in [6.07, 6.45) is -12.0. The molecule has 0 aromatic heterocycles. The fraction of sp³-hybridized carbons (Fsp3) is 0.923. The molecular weight excluding hydrogens is 360 g/mol. The molecule has 0 radical (unpaired) electrons. The first-order chi connectivity index (χ1) is 11.8. The first kappa shape index (κ1) is 19.1. The number of hydrogen-bond acceptors (Lipinski definition) is 10. The topological polar surface area (TPSA) is 175 Å². The summed E-state index contributed by atoms with van der Waals surface area (Å²) < 4.78 is 10.7. The van der Waals surface area contributed by atoms with Crippen LogP contribution in [0.2, 0.25) is 0 Å². The van der Waals surface area contributed by atoms with Gasteiger partial charge in [0, 0.05) is 0 Å². The van der Waals surface area contributed by atoms with E-state index >= 15 is 0 Å². The summed E-state index contributed by atoms with van der Waals surface area (Å²) in [4.78, 5) is 1.35. The standard InChI is InChI=1S/C13H22N2O9S/c16-1-4-6(18)8(20)9(21)11(24-4)14-13(25)15-3-2-23-12(15)10(22)7(19)5(3)17/h3-12,16-22H,1-2H2,(H,14,25)/t3-,4+,5+,6+,7-,8-,9+,10-,11+,12+/m0/s1. The molecule has 3 fully saturated rings. The van der Waals surface area contributed by atoms with Crippen molar-refractivity contribution in [2.45, 2.75) is 61.2 Å². The molecule has 3 aliphatic heterocycles. The van der Waals surface area contributed by atoms with E-state index in [1.807, 2.05) is 0 Å². The molecule has 3 rings (SSSR count). The number of nitrogens with one attached hydrogen (secondary N) is 1. The van der Waals surface area contributed by atoms with Crippen molar-refractivity contribution in [1.82, 2.24) is 10.2 Å². The Kier molecular flexibility index (Phi) is 5.46. The van der Waals surface area contributed by atoms with Gasteiger partial charge in [-0.05, 0) is 12.2 Å². The number of hydrogen-bond donors (Lipinski definition) is 8. The number of aliphatic hydroxyl groups is 7. The van der Waals surface area contributed by atoms with E-state index < -0.39 is 67.8 Å². The van der Waals surface area contributed by atoms with Crippen molar-refractivity contribution in [2.24, 2.45) is 0 Å². The van der Waals surface area contributed by atoms with Crippen LogP contribution in [0.5, 0.6) is 0 Å². The molecule has 0 saturated carbocycles. The highest BCUT2D eigenvalue weighted by atomic mass is 32.1. The molecule has 25 heavy (non-hydrogen) atoms. The highest BCUT2D eigenvalue weighted by Gasteiger charge is 2.54. The molecule has 12 heteroatoms. The van der Waals surface area contributed by atoms with Crippen LogP contribution in [-0.2, 0) is 9.47 Å². The van der Waals surface area contributed by atoms with E-state index in [0.29, 0.717) is 0 Å². The molecule has 0 aromatic rings. The van der Waals surface area contributed by atoms with Crippen LogP contribution >= 0.6 is 12.2 Å². The lowest BCUT2D eigenvalue weighted by atomic mass is 9.95. The Hall–Kier alpha value is -0.670. The predicted molar refractivity (Wildman–Crippen MR) is 82.9 cm³/mol. The first-order valence-corrected chi connectivity index (χ1v) is 8.24. The number of aliphatic hydroxyl groups excluding tert-OH is 7. The Morgan fingerprint density at radius 2 is 1.60 bits per heavy atom. The zero-order valence-electron chi connectivity index (χ0n) is 13.0. The van der Waals surface area contributed by atoms with Crippen molar-refractivity contribution in [1.29, 1.82) is 0 Å². The average Bonchev–Trinajstić information content (AvgIpc) is 3.00. The van der Waals surface area contributed by atoms with Crippen molar-refractivity contribution >= 4 is 17.3 Å². The minimum Gasteiger partial charge on any atom is -0.394 e. The molecular formula is C13H22N2O9S. The lowest BCUT2D eigenvalue weighted by Crippen LogP contribution is -2.68. The third kappa shape index (κ3) is 3.12. The molecule has 8 N–H and O–H groups in total.